The van der Waals surface area contributed by atoms with Gasteiger partial charge in [-0.2, -0.15) is 0 Å². The molecule has 164 valence electrons. The zero-order valence-corrected chi connectivity index (χ0v) is 18.5. The van der Waals surface area contributed by atoms with E-state index in [4.69, 9.17) is 9.47 Å². The second-order valence-corrected chi connectivity index (χ2v) is 8.84. The Hall–Kier alpha value is -3.72. The Morgan fingerprint density at radius 2 is 1.52 bits per heavy atom. The largest absolute Gasteiger partial charge is 0.490 e. The molecule has 0 amide bonds. The number of ether oxygens (including phenoxy) is 2. The summed E-state index contributed by atoms with van der Waals surface area (Å²) in [5.41, 5.74) is 3.89. The highest BCUT2D eigenvalue weighted by molar-refractivity contribution is 5.83. The highest BCUT2D eigenvalue weighted by Crippen LogP contribution is 2.50. The third kappa shape index (κ3) is 3.95. The quantitative estimate of drug-likeness (QED) is 0.259. The zero-order valence-electron chi connectivity index (χ0n) is 18.5. The lowest BCUT2D eigenvalue weighted by Crippen LogP contribution is -2.29. The number of para-hydroxylation sites is 1. The minimum absolute atomic E-state index is 0.299. The monoisotopic (exact) mass is 433 g/mol. The molecule has 4 aromatic carbocycles. The van der Waals surface area contributed by atoms with Crippen LogP contribution >= 0.6 is 0 Å². The van der Waals surface area contributed by atoms with E-state index in [1.165, 1.54) is 27.6 Å². The van der Waals surface area contributed by atoms with Crippen molar-refractivity contribution in [2.75, 3.05) is 18.5 Å². The maximum Gasteiger partial charge on any atom is 0.122 e. The molecule has 3 heteroatoms. The molecule has 3 unspecified atom stereocenters. The van der Waals surface area contributed by atoms with Crippen molar-refractivity contribution in [1.29, 1.82) is 0 Å². The lowest BCUT2D eigenvalue weighted by atomic mass is 9.77. The third-order valence-corrected chi connectivity index (χ3v) is 6.83. The van der Waals surface area contributed by atoms with Crippen molar-refractivity contribution in [1.82, 2.24) is 0 Å². The smallest absolute Gasteiger partial charge is 0.122 e. The Balaban J connectivity index is 1.20. The van der Waals surface area contributed by atoms with E-state index in [1.807, 2.05) is 30.3 Å². The van der Waals surface area contributed by atoms with Gasteiger partial charge in [-0.25, -0.2) is 0 Å². The average molecular weight is 434 g/mol. The molecule has 1 heterocycles. The van der Waals surface area contributed by atoms with Crippen molar-refractivity contribution in [3.8, 4) is 11.5 Å². The number of benzene rings is 4. The highest BCUT2D eigenvalue weighted by atomic mass is 16.5. The Morgan fingerprint density at radius 1 is 0.727 bits per heavy atom. The molecule has 2 aliphatic rings. The summed E-state index contributed by atoms with van der Waals surface area (Å²) in [7, 11) is 0. The van der Waals surface area contributed by atoms with Crippen molar-refractivity contribution in [3.05, 3.63) is 114 Å². The van der Waals surface area contributed by atoms with E-state index in [-0.39, 0.29) is 0 Å². The van der Waals surface area contributed by atoms with Crippen LogP contribution in [0.15, 0.2) is 103 Å². The summed E-state index contributed by atoms with van der Waals surface area (Å²) in [5.74, 6) is 2.68. The van der Waals surface area contributed by atoms with Crippen LogP contribution in [0.25, 0.3) is 10.8 Å². The molecule has 1 N–H and O–H groups in total. The van der Waals surface area contributed by atoms with Crippen LogP contribution < -0.4 is 14.8 Å². The van der Waals surface area contributed by atoms with E-state index in [0.717, 1.165) is 17.9 Å². The lowest BCUT2D eigenvalue weighted by molar-refractivity contribution is 0.217. The second-order valence-electron chi connectivity index (χ2n) is 8.84. The summed E-state index contributed by atoms with van der Waals surface area (Å²) in [4.78, 5) is 0. The number of rotatable bonds is 6. The molecule has 3 nitrogen and oxygen atoms in total. The fourth-order valence-corrected chi connectivity index (χ4v) is 5.23. The van der Waals surface area contributed by atoms with Gasteiger partial charge in [0.1, 0.15) is 24.7 Å². The molecule has 0 bridgehead atoms. The summed E-state index contributed by atoms with van der Waals surface area (Å²) in [6.07, 6.45) is 5.80. The minimum atomic E-state index is 0.299. The Kier molecular flexibility index (Phi) is 5.23. The summed E-state index contributed by atoms with van der Waals surface area (Å²) < 4.78 is 11.8. The van der Waals surface area contributed by atoms with Crippen LogP contribution in [0.2, 0.25) is 0 Å². The molecular weight excluding hydrogens is 406 g/mol. The number of anilines is 1. The first-order chi connectivity index (χ1) is 16.3. The molecule has 0 saturated carbocycles. The van der Waals surface area contributed by atoms with Gasteiger partial charge in [0.2, 0.25) is 0 Å². The summed E-state index contributed by atoms with van der Waals surface area (Å²) in [6, 6.07) is 32.0. The van der Waals surface area contributed by atoms with Gasteiger partial charge in [0.15, 0.2) is 0 Å². The van der Waals surface area contributed by atoms with Gasteiger partial charge in [0.25, 0.3) is 0 Å². The Bertz CT molecular complexity index is 1300. The van der Waals surface area contributed by atoms with E-state index < -0.39 is 0 Å². The number of allylic oxidation sites excluding steroid dienone is 2. The van der Waals surface area contributed by atoms with Crippen LogP contribution in [0.5, 0.6) is 11.5 Å². The Labute approximate surface area is 194 Å². The highest BCUT2D eigenvalue weighted by Gasteiger charge is 2.38. The van der Waals surface area contributed by atoms with Gasteiger partial charge >= 0.3 is 0 Å². The molecule has 0 aromatic heterocycles. The number of nitrogens with one attached hydrogen (secondary N) is 1. The van der Waals surface area contributed by atoms with Gasteiger partial charge in [-0.3, -0.25) is 0 Å². The van der Waals surface area contributed by atoms with Gasteiger partial charge in [-0.15, -0.1) is 0 Å². The zero-order chi connectivity index (χ0) is 22.0. The number of hydrogen-bond acceptors (Lipinski definition) is 3. The van der Waals surface area contributed by atoms with E-state index in [1.54, 1.807) is 0 Å². The van der Waals surface area contributed by atoms with Gasteiger partial charge in [0.05, 0.1) is 6.04 Å². The fraction of sp³-hybridized carbons (Fsp3) is 0.200. The predicted octanol–water partition coefficient (Wildman–Crippen LogP) is 7.12. The molecule has 4 aromatic rings. The molecule has 33 heavy (non-hydrogen) atoms. The maximum absolute atomic E-state index is 6.03. The van der Waals surface area contributed by atoms with Crippen molar-refractivity contribution in [2.45, 2.75) is 18.4 Å². The first-order valence-corrected chi connectivity index (χ1v) is 11.7. The molecule has 1 aliphatic carbocycles. The summed E-state index contributed by atoms with van der Waals surface area (Å²) in [5, 5.41) is 6.43. The van der Waals surface area contributed by atoms with Crippen LogP contribution in [-0.4, -0.2) is 13.2 Å². The van der Waals surface area contributed by atoms with Crippen LogP contribution in [0.4, 0.5) is 5.69 Å². The van der Waals surface area contributed by atoms with Gasteiger partial charge in [-0.1, -0.05) is 66.7 Å². The fourth-order valence-electron chi connectivity index (χ4n) is 5.23. The second kappa shape index (κ2) is 8.67. The number of hydrogen-bond donors (Lipinski definition) is 1. The summed E-state index contributed by atoms with van der Waals surface area (Å²) in [6.45, 7) is 1.04. The first-order valence-electron chi connectivity index (χ1n) is 11.7. The topological polar surface area (TPSA) is 30.5 Å². The van der Waals surface area contributed by atoms with Crippen molar-refractivity contribution < 1.29 is 9.47 Å². The molecule has 0 saturated heterocycles. The molecule has 1 aliphatic heterocycles. The van der Waals surface area contributed by atoms with Crippen LogP contribution in [-0.2, 0) is 0 Å². The number of fused-ring (bicyclic) bond motifs is 4. The molecule has 0 spiro atoms. The van der Waals surface area contributed by atoms with Gasteiger partial charge in [-0.05, 0) is 70.6 Å². The first kappa shape index (κ1) is 19.9. The third-order valence-electron chi connectivity index (χ3n) is 6.83. The SMILES string of the molecule is C1=CC2c3cc(OCCOc4ccccc4)ccc3NC(c3ccc4ccccc4c3)C2C1. The standard InChI is InChI=1S/C30H27NO2/c1-2-9-24(10-3-1)32-17-18-33-25-15-16-29-28(20-25)26-11-6-12-27(26)30(31-29)23-14-13-21-7-4-5-8-22(21)19-23/h1-11,13-16,19-20,26-27,30-31H,12,17-18H2. The van der Waals surface area contributed by atoms with Crippen molar-refractivity contribution in [2.24, 2.45) is 5.92 Å². The Morgan fingerprint density at radius 3 is 2.39 bits per heavy atom. The molecular formula is C30H27NO2. The van der Waals surface area contributed by atoms with Crippen LogP contribution in [0.1, 0.15) is 29.5 Å². The van der Waals surface area contributed by atoms with E-state index in [9.17, 15) is 0 Å². The van der Waals surface area contributed by atoms with Crippen molar-refractivity contribution >= 4 is 16.5 Å². The maximum atomic E-state index is 6.03. The molecule has 3 atom stereocenters. The normalized spacial score (nSPS) is 20.7. The molecule has 6 rings (SSSR count). The molecule has 0 radical (unpaired) electrons. The van der Waals surface area contributed by atoms with Gasteiger partial charge in [0, 0.05) is 11.6 Å². The average Bonchev–Trinajstić information content (AvgIpc) is 3.37. The predicted molar refractivity (Wildman–Crippen MR) is 134 cm³/mol. The van der Waals surface area contributed by atoms with Crippen molar-refractivity contribution in [3.63, 3.8) is 0 Å². The van der Waals surface area contributed by atoms with E-state index in [0.29, 0.717) is 31.1 Å². The minimum Gasteiger partial charge on any atom is -0.490 e. The van der Waals surface area contributed by atoms with E-state index in [2.05, 4.69) is 78.1 Å². The molecule has 0 fully saturated rings. The van der Waals surface area contributed by atoms with E-state index >= 15 is 0 Å². The summed E-state index contributed by atoms with van der Waals surface area (Å²) >= 11 is 0. The van der Waals surface area contributed by atoms with Crippen LogP contribution in [0, 0.1) is 5.92 Å². The lowest BCUT2D eigenvalue weighted by Gasteiger charge is -2.37. The van der Waals surface area contributed by atoms with Crippen LogP contribution in [0.3, 0.4) is 0 Å². The van der Waals surface area contributed by atoms with Gasteiger partial charge < -0.3 is 14.8 Å².